The van der Waals surface area contributed by atoms with Crippen LogP contribution in [0.1, 0.15) is 22.9 Å². The molecule has 0 unspecified atom stereocenters. The molecule has 4 aromatic rings. The molecule has 2 aromatic heterocycles. The van der Waals surface area contributed by atoms with Crippen molar-refractivity contribution in [3.63, 3.8) is 0 Å². The highest BCUT2D eigenvalue weighted by Crippen LogP contribution is 2.30. The summed E-state index contributed by atoms with van der Waals surface area (Å²) in [6, 6.07) is 14.5. The van der Waals surface area contributed by atoms with E-state index in [1.54, 1.807) is 42.5 Å². The van der Waals surface area contributed by atoms with Gasteiger partial charge in [0, 0.05) is 11.2 Å². The zero-order valence-corrected chi connectivity index (χ0v) is 15.7. The maximum absolute atomic E-state index is 14.6. The van der Waals surface area contributed by atoms with Gasteiger partial charge in [0.25, 0.3) is 6.01 Å². The van der Waals surface area contributed by atoms with Crippen molar-refractivity contribution in [1.29, 1.82) is 5.26 Å². The molecule has 0 bridgehead atoms. The Kier molecular flexibility index (Phi) is 4.86. The monoisotopic (exact) mass is 412 g/mol. The summed E-state index contributed by atoms with van der Waals surface area (Å²) in [6.07, 6.45) is 1.37. The maximum atomic E-state index is 14.6. The van der Waals surface area contributed by atoms with Crippen LogP contribution in [0.3, 0.4) is 0 Å². The maximum Gasteiger partial charge on any atom is 0.296 e. The number of aromatic nitrogens is 2. The second-order valence-electron chi connectivity index (χ2n) is 5.96. The fourth-order valence-electron chi connectivity index (χ4n) is 2.78. The molecule has 0 radical (unpaired) electrons. The van der Waals surface area contributed by atoms with Gasteiger partial charge >= 0.3 is 0 Å². The van der Waals surface area contributed by atoms with E-state index in [0.717, 1.165) is 0 Å². The van der Waals surface area contributed by atoms with Crippen LogP contribution < -0.4 is 5.32 Å². The molecular formula is C20H11Cl2FN4O. The number of benzene rings is 2. The lowest BCUT2D eigenvalue weighted by molar-refractivity contribution is 0.577. The average molecular weight is 413 g/mol. The number of hydrogen-bond donors (Lipinski definition) is 1. The van der Waals surface area contributed by atoms with Crippen LogP contribution in [0, 0.1) is 17.1 Å². The molecule has 0 saturated carbocycles. The summed E-state index contributed by atoms with van der Waals surface area (Å²) in [6.45, 7) is 0. The molecule has 0 aliphatic heterocycles. The van der Waals surface area contributed by atoms with Crippen LogP contribution in [0.4, 0.5) is 10.4 Å². The van der Waals surface area contributed by atoms with E-state index in [2.05, 4.69) is 21.4 Å². The molecule has 0 fully saturated rings. The molecular weight excluding hydrogens is 402 g/mol. The highest BCUT2D eigenvalue weighted by molar-refractivity contribution is 6.30. The predicted molar refractivity (Wildman–Crippen MR) is 105 cm³/mol. The first-order chi connectivity index (χ1) is 13.5. The van der Waals surface area contributed by atoms with Gasteiger partial charge in [-0.3, -0.25) is 4.98 Å². The van der Waals surface area contributed by atoms with Gasteiger partial charge in [0.2, 0.25) is 0 Å². The molecule has 5 nitrogen and oxygen atoms in total. The highest BCUT2D eigenvalue weighted by atomic mass is 35.5. The van der Waals surface area contributed by atoms with Crippen molar-refractivity contribution in [1.82, 2.24) is 9.97 Å². The lowest BCUT2D eigenvalue weighted by Gasteiger charge is -2.18. The summed E-state index contributed by atoms with van der Waals surface area (Å²) in [4.78, 5) is 8.49. The van der Waals surface area contributed by atoms with Gasteiger partial charge in [-0.25, -0.2) is 4.39 Å². The summed E-state index contributed by atoms with van der Waals surface area (Å²) >= 11 is 11.8. The lowest BCUT2D eigenvalue weighted by atomic mass is 10.0. The molecule has 8 heteroatoms. The van der Waals surface area contributed by atoms with Gasteiger partial charge in [0.05, 0.1) is 16.7 Å². The van der Waals surface area contributed by atoms with Gasteiger partial charge in [-0.15, -0.1) is 0 Å². The van der Waals surface area contributed by atoms with E-state index in [1.807, 2.05) is 0 Å². The molecule has 1 atom stereocenters. The van der Waals surface area contributed by atoms with Gasteiger partial charge in [-0.05, 0) is 42.0 Å². The van der Waals surface area contributed by atoms with E-state index in [4.69, 9.17) is 32.9 Å². The van der Waals surface area contributed by atoms with Crippen molar-refractivity contribution in [2.75, 3.05) is 5.32 Å². The number of nitrogens with zero attached hydrogens (tertiary/aromatic N) is 3. The van der Waals surface area contributed by atoms with Gasteiger partial charge in [-0.2, -0.15) is 10.2 Å². The first-order valence-corrected chi connectivity index (χ1v) is 8.93. The molecule has 0 aliphatic carbocycles. The smallest absolute Gasteiger partial charge is 0.296 e. The minimum atomic E-state index is -0.696. The summed E-state index contributed by atoms with van der Waals surface area (Å²) in [5, 5.41) is 12.8. The number of nitrogens with one attached hydrogen (secondary N) is 1. The number of rotatable bonds is 4. The molecule has 4 rings (SSSR count). The van der Waals surface area contributed by atoms with Crippen molar-refractivity contribution >= 4 is 40.3 Å². The number of nitriles is 1. The third-order valence-electron chi connectivity index (χ3n) is 4.10. The van der Waals surface area contributed by atoms with Crippen molar-refractivity contribution < 1.29 is 8.81 Å². The van der Waals surface area contributed by atoms with Crippen molar-refractivity contribution in [2.24, 2.45) is 0 Å². The van der Waals surface area contributed by atoms with E-state index in [1.165, 1.54) is 12.3 Å². The van der Waals surface area contributed by atoms with Gasteiger partial charge in [0.1, 0.15) is 23.1 Å². The Morgan fingerprint density at radius 3 is 2.57 bits per heavy atom. The van der Waals surface area contributed by atoms with Crippen LogP contribution >= 0.6 is 23.2 Å². The lowest BCUT2D eigenvalue weighted by Crippen LogP contribution is -2.16. The molecule has 2 aromatic carbocycles. The largest absolute Gasteiger partial charge is 0.424 e. The molecule has 138 valence electrons. The zero-order chi connectivity index (χ0) is 19.7. The van der Waals surface area contributed by atoms with Crippen LogP contribution in [0.25, 0.3) is 11.1 Å². The number of fused-ring (bicyclic) bond motifs is 1. The SMILES string of the molecule is N#Cc1ccc2oc(N[C@@H](c3ccc(Cl)cc3)c3ncc(Cl)cc3F)nc2c1. The first-order valence-electron chi connectivity index (χ1n) is 8.17. The van der Waals surface area contributed by atoms with E-state index in [0.29, 0.717) is 27.2 Å². The average Bonchev–Trinajstić information content (AvgIpc) is 3.09. The van der Waals surface area contributed by atoms with Gasteiger partial charge in [-0.1, -0.05) is 35.3 Å². The Morgan fingerprint density at radius 2 is 1.86 bits per heavy atom. The second kappa shape index (κ2) is 7.47. The Hall–Kier alpha value is -3.14. The number of halogens is 3. The Bertz CT molecular complexity index is 1200. The Morgan fingerprint density at radius 1 is 1.07 bits per heavy atom. The number of oxazole rings is 1. The number of anilines is 1. The minimum absolute atomic E-state index is 0.131. The van der Waals surface area contributed by atoms with Crippen LogP contribution in [0.2, 0.25) is 10.0 Å². The van der Waals surface area contributed by atoms with Crippen molar-refractivity contribution in [2.45, 2.75) is 6.04 Å². The topological polar surface area (TPSA) is 74.7 Å². The van der Waals surface area contributed by atoms with Crippen LogP contribution in [0.15, 0.2) is 59.1 Å². The molecule has 28 heavy (non-hydrogen) atoms. The highest BCUT2D eigenvalue weighted by Gasteiger charge is 2.22. The minimum Gasteiger partial charge on any atom is -0.424 e. The number of pyridine rings is 1. The van der Waals surface area contributed by atoms with E-state index >= 15 is 0 Å². The van der Waals surface area contributed by atoms with Crippen molar-refractivity contribution in [3.8, 4) is 6.07 Å². The summed E-state index contributed by atoms with van der Waals surface area (Å²) in [7, 11) is 0. The fraction of sp³-hybridized carbons (Fsp3) is 0.0500. The molecule has 0 aliphatic rings. The number of hydrogen-bond acceptors (Lipinski definition) is 5. The Balaban J connectivity index is 1.77. The summed E-state index contributed by atoms with van der Waals surface area (Å²) < 4.78 is 20.3. The summed E-state index contributed by atoms with van der Waals surface area (Å²) in [5.74, 6) is -0.567. The van der Waals surface area contributed by atoms with Crippen LogP contribution in [-0.4, -0.2) is 9.97 Å². The molecule has 2 heterocycles. The quantitative estimate of drug-likeness (QED) is 0.462. The van der Waals surface area contributed by atoms with Gasteiger partial charge < -0.3 is 9.73 Å². The third kappa shape index (κ3) is 3.63. The second-order valence-corrected chi connectivity index (χ2v) is 6.84. The van der Waals surface area contributed by atoms with Crippen LogP contribution in [0.5, 0.6) is 0 Å². The fourth-order valence-corrected chi connectivity index (χ4v) is 3.06. The molecule has 0 saturated heterocycles. The summed E-state index contributed by atoms with van der Waals surface area (Å²) in [5.41, 5.74) is 2.32. The molecule has 0 spiro atoms. The van der Waals surface area contributed by atoms with E-state index in [-0.39, 0.29) is 16.7 Å². The normalized spacial score (nSPS) is 11.9. The third-order valence-corrected chi connectivity index (χ3v) is 4.56. The molecule has 1 N–H and O–H groups in total. The van der Waals surface area contributed by atoms with Crippen molar-refractivity contribution in [3.05, 3.63) is 87.4 Å². The molecule has 0 amide bonds. The predicted octanol–water partition coefficient (Wildman–Crippen LogP) is 5.74. The van der Waals surface area contributed by atoms with E-state index < -0.39 is 11.9 Å². The zero-order valence-electron chi connectivity index (χ0n) is 14.2. The Labute approximate surface area is 169 Å². The van der Waals surface area contributed by atoms with Crippen LogP contribution in [-0.2, 0) is 0 Å². The van der Waals surface area contributed by atoms with E-state index in [9.17, 15) is 4.39 Å². The first kappa shape index (κ1) is 18.2. The standard InChI is InChI=1S/C20H11Cl2FN4O/c21-13-4-2-12(3-5-13)18(19-15(23)8-14(22)10-25-19)27-20-26-16-7-11(9-24)1-6-17(16)28-20/h1-8,10,18H,(H,26,27)/t18-/m0/s1. The van der Waals surface area contributed by atoms with Gasteiger partial charge in [0.15, 0.2) is 5.58 Å².